The van der Waals surface area contributed by atoms with E-state index in [4.69, 9.17) is 4.52 Å². The van der Waals surface area contributed by atoms with E-state index < -0.39 is 0 Å². The molecule has 23 heavy (non-hydrogen) atoms. The SMILES string of the molecule is Cc1nn(C)c2nc(N(C)Cc3noc(C4CCCC4)n3)sc12. The first-order valence-electron chi connectivity index (χ1n) is 7.95. The number of hydrogen-bond donors (Lipinski definition) is 0. The molecule has 122 valence electrons. The van der Waals surface area contributed by atoms with Crippen LogP contribution in [0.1, 0.15) is 49.0 Å². The molecule has 0 spiro atoms. The van der Waals surface area contributed by atoms with Crippen LogP contribution < -0.4 is 4.90 Å². The van der Waals surface area contributed by atoms with E-state index in [-0.39, 0.29) is 0 Å². The third-order valence-electron chi connectivity index (χ3n) is 4.43. The van der Waals surface area contributed by atoms with E-state index in [1.807, 2.05) is 25.7 Å². The van der Waals surface area contributed by atoms with Crippen molar-refractivity contribution in [3.8, 4) is 0 Å². The number of thiazole rings is 1. The van der Waals surface area contributed by atoms with Crippen LogP contribution in [-0.2, 0) is 13.6 Å². The molecule has 0 aliphatic heterocycles. The number of anilines is 1. The van der Waals surface area contributed by atoms with Crippen LogP contribution in [-0.4, -0.2) is 32.0 Å². The summed E-state index contributed by atoms with van der Waals surface area (Å²) in [7, 11) is 3.93. The highest BCUT2D eigenvalue weighted by Crippen LogP contribution is 2.33. The van der Waals surface area contributed by atoms with Crippen molar-refractivity contribution in [3.63, 3.8) is 0 Å². The molecule has 1 fully saturated rings. The zero-order chi connectivity index (χ0) is 16.0. The van der Waals surface area contributed by atoms with Crippen LogP contribution in [0.4, 0.5) is 5.13 Å². The number of nitrogens with zero attached hydrogens (tertiary/aromatic N) is 6. The summed E-state index contributed by atoms with van der Waals surface area (Å²) >= 11 is 1.65. The molecule has 0 unspecified atom stereocenters. The molecule has 0 amide bonds. The van der Waals surface area contributed by atoms with Crippen LogP contribution in [0.15, 0.2) is 4.52 Å². The van der Waals surface area contributed by atoms with Gasteiger partial charge in [-0.2, -0.15) is 10.1 Å². The summed E-state index contributed by atoms with van der Waals surface area (Å²) in [4.78, 5) is 11.3. The highest BCUT2D eigenvalue weighted by molar-refractivity contribution is 7.22. The van der Waals surface area contributed by atoms with Crippen molar-refractivity contribution in [1.82, 2.24) is 24.9 Å². The fraction of sp³-hybridized carbons (Fsp3) is 0.600. The molecule has 3 heterocycles. The lowest BCUT2D eigenvalue weighted by Gasteiger charge is -2.12. The standard InChI is InChI=1S/C15H20N6OS/c1-9-12-13(21(3)18-9)17-15(23-12)20(2)8-11-16-14(22-19-11)10-6-4-5-7-10/h10H,4-8H2,1-3H3. The lowest BCUT2D eigenvalue weighted by Crippen LogP contribution is -2.17. The van der Waals surface area contributed by atoms with Crippen molar-refractivity contribution in [2.45, 2.75) is 45.1 Å². The fourth-order valence-corrected chi connectivity index (χ4v) is 4.18. The lowest BCUT2D eigenvalue weighted by molar-refractivity contribution is 0.350. The second kappa shape index (κ2) is 5.59. The maximum absolute atomic E-state index is 5.45. The molecule has 0 bridgehead atoms. The molecule has 8 heteroatoms. The normalized spacial score (nSPS) is 15.8. The number of aromatic nitrogens is 5. The predicted molar refractivity (Wildman–Crippen MR) is 88.7 cm³/mol. The quantitative estimate of drug-likeness (QED) is 0.731. The van der Waals surface area contributed by atoms with E-state index in [0.717, 1.165) is 32.9 Å². The van der Waals surface area contributed by atoms with E-state index in [2.05, 4.69) is 25.1 Å². The molecular weight excluding hydrogens is 312 g/mol. The van der Waals surface area contributed by atoms with Crippen molar-refractivity contribution in [2.75, 3.05) is 11.9 Å². The Morgan fingerprint density at radius 1 is 1.30 bits per heavy atom. The van der Waals surface area contributed by atoms with Gasteiger partial charge in [0.15, 0.2) is 16.6 Å². The molecule has 0 saturated heterocycles. The molecule has 0 N–H and O–H groups in total. The third-order valence-corrected chi connectivity index (χ3v) is 5.69. The minimum Gasteiger partial charge on any atom is -0.343 e. The minimum atomic E-state index is 0.456. The Hall–Kier alpha value is -1.96. The van der Waals surface area contributed by atoms with Gasteiger partial charge < -0.3 is 9.42 Å². The molecular formula is C15H20N6OS. The van der Waals surface area contributed by atoms with E-state index in [0.29, 0.717) is 12.5 Å². The second-order valence-corrected chi connectivity index (χ2v) is 7.22. The fourth-order valence-electron chi connectivity index (χ4n) is 3.19. The van der Waals surface area contributed by atoms with Gasteiger partial charge >= 0.3 is 0 Å². The Labute approximate surface area is 138 Å². The Bertz CT molecular complexity index is 794. The Kier molecular flexibility index (Phi) is 3.56. The first-order valence-corrected chi connectivity index (χ1v) is 8.77. The first-order chi connectivity index (χ1) is 11.1. The van der Waals surface area contributed by atoms with Crippen molar-refractivity contribution in [3.05, 3.63) is 17.4 Å². The molecule has 1 saturated carbocycles. The van der Waals surface area contributed by atoms with E-state index >= 15 is 0 Å². The van der Waals surface area contributed by atoms with Gasteiger partial charge in [0, 0.05) is 20.0 Å². The van der Waals surface area contributed by atoms with Gasteiger partial charge in [-0.3, -0.25) is 0 Å². The maximum Gasteiger partial charge on any atom is 0.229 e. The summed E-state index contributed by atoms with van der Waals surface area (Å²) in [6.07, 6.45) is 4.87. The van der Waals surface area contributed by atoms with Gasteiger partial charge in [-0.25, -0.2) is 9.67 Å². The average Bonchev–Trinajstić information content (AvgIpc) is 3.27. The summed E-state index contributed by atoms with van der Waals surface area (Å²) in [5.41, 5.74) is 1.94. The Morgan fingerprint density at radius 2 is 2.09 bits per heavy atom. The summed E-state index contributed by atoms with van der Waals surface area (Å²) in [6.45, 7) is 2.61. The van der Waals surface area contributed by atoms with Gasteiger partial charge in [0.05, 0.1) is 16.9 Å². The topological polar surface area (TPSA) is 72.9 Å². The number of aryl methyl sites for hydroxylation is 2. The van der Waals surface area contributed by atoms with Gasteiger partial charge in [-0.05, 0) is 19.8 Å². The third kappa shape index (κ3) is 2.60. The Morgan fingerprint density at radius 3 is 2.83 bits per heavy atom. The zero-order valence-corrected chi connectivity index (χ0v) is 14.4. The predicted octanol–water partition coefficient (Wildman–Crippen LogP) is 3.02. The average molecular weight is 332 g/mol. The first kappa shape index (κ1) is 14.6. The molecule has 0 atom stereocenters. The van der Waals surface area contributed by atoms with Crippen LogP contribution in [0, 0.1) is 6.92 Å². The van der Waals surface area contributed by atoms with Gasteiger partial charge in [0.25, 0.3) is 0 Å². The summed E-state index contributed by atoms with van der Waals surface area (Å²) < 4.78 is 8.41. The molecule has 3 aromatic heterocycles. The minimum absolute atomic E-state index is 0.456. The summed E-state index contributed by atoms with van der Waals surface area (Å²) in [5.74, 6) is 1.98. The largest absolute Gasteiger partial charge is 0.343 e. The highest BCUT2D eigenvalue weighted by Gasteiger charge is 2.23. The molecule has 3 aromatic rings. The van der Waals surface area contributed by atoms with Crippen molar-refractivity contribution in [2.24, 2.45) is 7.05 Å². The van der Waals surface area contributed by atoms with Crippen LogP contribution in [0.5, 0.6) is 0 Å². The van der Waals surface area contributed by atoms with Crippen LogP contribution in [0.25, 0.3) is 10.3 Å². The second-order valence-electron chi connectivity index (χ2n) is 6.24. The van der Waals surface area contributed by atoms with Crippen molar-refractivity contribution >= 4 is 26.8 Å². The van der Waals surface area contributed by atoms with Crippen LogP contribution >= 0.6 is 11.3 Å². The van der Waals surface area contributed by atoms with Gasteiger partial charge in [0.1, 0.15) is 0 Å². The summed E-state index contributed by atoms with van der Waals surface area (Å²) in [6, 6.07) is 0. The van der Waals surface area contributed by atoms with Crippen LogP contribution in [0.3, 0.4) is 0 Å². The van der Waals surface area contributed by atoms with E-state index in [1.165, 1.54) is 25.7 Å². The van der Waals surface area contributed by atoms with E-state index in [9.17, 15) is 0 Å². The van der Waals surface area contributed by atoms with Crippen LogP contribution in [0.2, 0.25) is 0 Å². The molecule has 7 nitrogen and oxygen atoms in total. The number of fused-ring (bicyclic) bond motifs is 1. The molecule has 0 aromatic carbocycles. The Balaban J connectivity index is 1.52. The monoisotopic (exact) mass is 332 g/mol. The molecule has 1 aliphatic carbocycles. The van der Waals surface area contributed by atoms with Gasteiger partial charge in [0.2, 0.25) is 5.89 Å². The van der Waals surface area contributed by atoms with E-state index in [1.54, 1.807) is 11.3 Å². The lowest BCUT2D eigenvalue weighted by atomic mass is 10.1. The highest BCUT2D eigenvalue weighted by atomic mass is 32.1. The zero-order valence-electron chi connectivity index (χ0n) is 13.6. The molecule has 4 rings (SSSR count). The van der Waals surface area contributed by atoms with Crippen molar-refractivity contribution in [1.29, 1.82) is 0 Å². The number of rotatable bonds is 4. The number of hydrogen-bond acceptors (Lipinski definition) is 7. The summed E-state index contributed by atoms with van der Waals surface area (Å²) in [5, 5.41) is 9.47. The smallest absolute Gasteiger partial charge is 0.229 e. The van der Waals surface area contributed by atoms with Gasteiger partial charge in [-0.1, -0.05) is 29.3 Å². The van der Waals surface area contributed by atoms with Gasteiger partial charge in [-0.15, -0.1) is 0 Å². The van der Waals surface area contributed by atoms with Crippen molar-refractivity contribution < 1.29 is 4.52 Å². The molecule has 0 radical (unpaired) electrons. The molecule has 1 aliphatic rings. The maximum atomic E-state index is 5.45.